The Labute approximate surface area is 105 Å². The molecule has 1 unspecified atom stereocenters. The molecule has 4 heteroatoms. The molecule has 1 aliphatic heterocycles. The van der Waals surface area contributed by atoms with Gasteiger partial charge >= 0.3 is 0 Å². The summed E-state index contributed by atoms with van der Waals surface area (Å²) in [6, 6.07) is 0.338. The molecule has 1 aliphatic rings. The largest absolute Gasteiger partial charge is 0.366 e. The van der Waals surface area contributed by atoms with E-state index in [0.29, 0.717) is 6.04 Å². The van der Waals surface area contributed by atoms with Gasteiger partial charge in [-0.1, -0.05) is 0 Å². The molecule has 0 aromatic carbocycles. The van der Waals surface area contributed by atoms with Crippen molar-refractivity contribution < 1.29 is 9.53 Å². The van der Waals surface area contributed by atoms with E-state index in [-0.39, 0.29) is 18.1 Å². The van der Waals surface area contributed by atoms with Gasteiger partial charge in [-0.05, 0) is 47.1 Å². The number of rotatable bonds is 4. The van der Waals surface area contributed by atoms with Crippen LogP contribution >= 0.6 is 0 Å². The van der Waals surface area contributed by atoms with Gasteiger partial charge in [0.15, 0.2) is 0 Å². The highest BCUT2D eigenvalue weighted by Gasteiger charge is 2.25. The van der Waals surface area contributed by atoms with Crippen molar-refractivity contribution in [3.05, 3.63) is 0 Å². The van der Waals surface area contributed by atoms with Crippen molar-refractivity contribution in [2.24, 2.45) is 0 Å². The Bertz CT molecular complexity index is 242. The average Bonchev–Trinajstić information content (AvgIpc) is 2.28. The SMILES string of the molecule is CCN(C(=O)COC(C)(C)C)C1CCCNC1. The number of hydrogen-bond donors (Lipinski definition) is 1. The van der Waals surface area contributed by atoms with Crippen LogP contribution in [0.1, 0.15) is 40.5 Å². The highest BCUT2D eigenvalue weighted by atomic mass is 16.5. The average molecular weight is 242 g/mol. The Morgan fingerprint density at radius 1 is 1.47 bits per heavy atom. The molecule has 1 heterocycles. The van der Waals surface area contributed by atoms with E-state index >= 15 is 0 Å². The van der Waals surface area contributed by atoms with E-state index in [1.54, 1.807) is 0 Å². The van der Waals surface area contributed by atoms with Crippen molar-refractivity contribution >= 4 is 5.91 Å². The van der Waals surface area contributed by atoms with Crippen LogP contribution < -0.4 is 5.32 Å². The second-order valence-electron chi connectivity index (χ2n) is 5.58. The minimum Gasteiger partial charge on any atom is -0.366 e. The molecule has 100 valence electrons. The molecule has 0 saturated carbocycles. The quantitative estimate of drug-likeness (QED) is 0.810. The summed E-state index contributed by atoms with van der Waals surface area (Å²) >= 11 is 0. The van der Waals surface area contributed by atoms with E-state index in [1.165, 1.54) is 0 Å². The molecule has 0 spiro atoms. The first kappa shape index (κ1) is 14.5. The van der Waals surface area contributed by atoms with E-state index in [2.05, 4.69) is 5.32 Å². The molecule has 1 amide bonds. The molecular formula is C13H26N2O2. The van der Waals surface area contributed by atoms with Crippen molar-refractivity contribution in [2.45, 2.75) is 52.2 Å². The van der Waals surface area contributed by atoms with Crippen LogP contribution in [0.5, 0.6) is 0 Å². The number of nitrogens with zero attached hydrogens (tertiary/aromatic N) is 1. The van der Waals surface area contributed by atoms with Gasteiger partial charge in [0.05, 0.1) is 5.60 Å². The zero-order valence-corrected chi connectivity index (χ0v) is 11.6. The second kappa shape index (κ2) is 6.36. The fourth-order valence-electron chi connectivity index (χ4n) is 2.10. The second-order valence-corrected chi connectivity index (χ2v) is 5.58. The number of likely N-dealkylation sites (N-methyl/N-ethyl adjacent to an activating group) is 1. The van der Waals surface area contributed by atoms with Crippen LogP contribution in [0.4, 0.5) is 0 Å². The van der Waals surface area contributed by atoms with E-state index in [4.69, 9.17) is 4.74 Å². The lowest BCUT2D eigenvalue weighted by atomic mass is 10.1. The van der Waals surface area contributed by atoms with Crippen molar-refractivity contribution in [1.29, 1.82) is 0 Å². The topological polar surface area (TPSA) is 41.6 Å². The smallest absolute Gasteiger partial charge is 0.248 e. The highest BCUT2D eigenvalue weighted by molar-refractivity contribution is 5.77. The van der Waals surface area contributed by atoms with Gasteiger partial charge in [-0.3, -0.25) is 4.79 Å². The molecular weight excluding hydrogens is 216 g/mol. The van der Waals surface area contributed by atoms with Crippen LogP contribution in [0.25, 0.3) is 0 Å². The summed E-state index contributed by atoms with van der Waals surface area (Å²) in [7, 11) is 0. The summed E-state index contributed by atoms with van der Waals surface area (Å²) in [5, 5.41) is 3.34. The summed E-state index contributed by atoms with van der Waals surface area (Å²) < 4.78 is 5.55. The van der Waals surface area contributed by atoms with Gasteiger partial charge in [0.25, 0.3) is 0 Å². The van der Waals surface area contributed by atoms with Crippen molar-refractivity contribution in [2.75, 3.05) is 26.2 Å². The van der Waals surface area contributed by atoms with Gasteiger partial charge < -0.3 is 15.0 Å². The first-order valence-electron chi connectivity index (χ1n) is 6.58. The minimum atomic E-state index is -0.250. The Balaban J connectivity index is 2.45. The Morgan fingerprint density at radius 2 is 2.18 bits per heavy atom. The van der Waals surface area contributed by atoms with E-state index < -0.39 is 0 Å². The van der Waals surface area contributed by atoms with Crippen LogP contribution in [0.2, 0.25) is 0 Å². The fraction of sp³-hybridized carbons (Fsp3) is 0.923. The third-order valence-corrected chi connectivity index (χ3v) is 3.00. The first-order chi connectivity index (χ1) is 7.94. The zero-order valence-electron chi connectivity index (χ0n) is 11.6. The number of nitrogens with one attached hydrogen (secondary N) is 1. The number of ether oxygens (including phenoxy) is 1. The molecule has 1 saturated heterocycles. The summed E-state index contributed by atoms with van der Waals surface area (Å²) in [5.74, 6) is 0.108. The number of carbonyl (C=O) groups is 1. The van der Waals surface area contributed by atoms with Crippen LogP contribution in [0.3, 0.4) is 0 Å². The van der Waals surface area contributed by atoms with Crippen molar-refractivity contribution in [1.82, 2.24) is 10.2 Å². The van der Waals surface area contributed by atoms with Gasteiger partial charge in [-0.25, -0.2) is 0 Å². The predicted molar refractivity (Wildman–Crippen MR) is 69.0 cm³/mol. The lowest BCUT2D eigenvalue weighted by Gasteiger charge is -2.34. The van der Waals surface area contributed by atoms with Gasteiger partial charge in [0.1, 0.15) is 6.61 Å². The maximum absolute atomic E-state index is 12.1. The summed E-state index contributed by atoms with van der Waals surface area (Å²) in [4.78, 5) is 14.0. The highest BCUT2D eigenvalue weighted by Crippen LogP contribution is 2.12. The first-order valence-corrected chi connectivity index (χ1v) is 6.58. The number of amides is 1. The minimum absolute atomic E-state index is 0.108. The van der Waals surface area contributed by atoms with Crippen molar-refractivity contribution in [3.8, 4) is 0 Å². The maximum Gasteiger partial charge on any atom is 0.248 e. The standard InChI is InChI=1S/C13H26N2O2/c1-5-15(11-7-6-8-14-9-11)12(16)10-17-13(2,3)4/h11,14H,5-10H2,1-4H3. The molecule has 1 fully saturated rings. The molecule has 1 rings (SSSR count). The molecule has 0 radical (unpaired) electrons. The zero-order chi connectivity index (χ0) is 12.9. The van der Waals surface area contributed by atoms with Gasteiger partial charge in [0.2, 0.25) is 5.91 Å². The molecule has 0 aromatic heterocycles. The molecule has 0 aliphatic carbocycles. The Hall–Kier alpha value is -0.610. The van der Waals surface area contributed by atoms with E-state index in [0.717, 1.165) is 32.5 Å². The summed E-state index contributed by atoms with van der Waals surface area (Å²) in [6.45, 7) is 10.9. The third-order valence-electron chi connectivity index (χ3n) is 3.00. The normalized spacial score (nSPS) is 21.3. The number of hydrogen-bond acceptors (Lipinski definition) is 3. The van der Waals surface area contributed by atoms with Crippen LogP contribution in [-0.4, -0.2) is 48.7 Å². The molecule has 1 N–H and O–H groups in total. The molecule has 0 bridgehead atoms. The van der Waals surface area contributed by atoms with Crippen LogP contribution in [0, 0.1) is 0 Å². The molecule has 1 atom stereocenters. The van der Waals surface area contributed by atoms with Crippen LogP contribution in [-0.2, 0) is 9.53 Å². The summed E-state index contributed by atoms with van der Waals surface area (Å²) in [5.41, 5.74) is -0.250. The van der Waals surface area contributed by atoms with Gasteiger partial charge in [-0.15, -0.1) is 0 Å². The van der Waals surface area contributed by atoms with Gasteiger partial charge in [0, 0.05) is 19.1 Å². The Kier molecular flexibility index (Phi) is 5.40. The molecule has 4 nitrogen and oxygen atoms in total. The van der Waals surface area contributed by atoms with Crippen molar-refractivity contribution in [3.63, 3.8) is 0 Å². The monoisotopic (exact) mass is 242 g/mol. The van der Waals surface area contributed by atoms with Crippen LogP contribution in [0.15, 0.2) is 0 Å². The Morgan fingerprint density at radius 3 is 2.65 bits per heavy atom. The fourth-order valence-corrected chi connectivity index (χ4v) is 2.10. The lowest BCUT2D eigenvalue weighted by molar-refractivity contribution is -0.143. The van der Waals surface area contributed by atoms with Gasteiger partial charge in [-0.2, -0.15) is 0 Å². The molecule has 17 heavy (non-hydrogen) atoms. The maximum atomic E-state index is 12.1. The predicted octanol–water partition coefficient (Wildman–Crippen LogP) is 1.40. The number of carbonyl (C=O) groups excluding carboxylic acids is 1. The van der Waals surface area contributed by atoms with E-state index in [1.807, 2.05) is 32.6 Å². The van der Waals surface area contributed by atoms with E-state index in [9.17, 15) is 4.79 Å². The number of piperidine rings is 1. The summed E-state index contributed by atoms with van der Waals surface area (Å²) in [6.07, 6.45) is 2.25. The molecule has 0 aromatic rings. The lowest BCUT2D eigenvalue weighted by Crippen LogP contribution is -2.50. The third kappa shape index (κ3) is 5.04.